The van der Waals surface area contributed by atoms with Crippen LogP contribution >= 0.6 is 11.3 Å². The Morgan fingerprint density at radius 3 is 2.81 bits per heavy atom. The third-order valence-electron chi connectivity index (χ3n) is 4.65. The molecule has 6 nitrogen and oxygen atoms in total. The van der Waals surface area contributed by atoms with Gasteiger partial charge in [-0.3, -0.25) is 9.78 Å². The first-order chi connectivity index (χ1) is 13.3. The second-order valence-electron chi connectivity index (χ2n) is 6.40. The molecule has 0 N–H and O–H groups in total. The lowest BCUT2D eigenvalue weighted by Gasteiger charge is -2.21. The number of ether oxygens (including phenoxy) is 1. The lowest BCUT2D eigenvalue weighted by molar-refractivity contribution is 0.0767. The van der Waals surface area contributed by atoms with E-state index >= 15 is 0 Å². The summed E-state index contributed by atoms with van der Waals surface area (Å²) in [7, 11) is 0. The van der Waals surface area contributed by atoms with Crippen LogP contribution in [0.2, 0.25) is 0 Å². The first kappa shape index (κ1) is 17.7. The first-order valence-corrected chi connectivity index (χ1v) is 10.0. The molecule has 1 aliphatic rings. The average molecular weight is 382 g/mol. The van der Waals surface area contributed by atoms with E-state index in [4.69, 9.17) is 9.72 Å². The maximum atomic E-state index is 12.7. The van der Waals surface area contributed by atoms with Crippen LogP contribution in [0.5, 0.6) is 5.75 Å². The molecule has 140 valence electrons. The predicted octanol–water partition coefficient (Wildman–Crippen LogP) is 3.44. The minimum absolute atomic E-state index is 0.0715. The highest BCUT2D eigenvalue weighted by Crippen LogP contribution is 2.34. The molecular weight excluding hydrogens is 360 g/mol. The van der Waals surface area contributed by atoms with Gasteiger partial charge in [-0.15, -0.1) is 0 Å². The van der Waals surface area contributed by atoms with Crippen LogP contribution in [-0.2, 0) is 0 Å². The summed E-state index contributed by atoms with van der Waals surface area (Å²) in [5.74, 6) is 0.906. The number of fused-ring (bicyclic) bond motifs is 1. The number of hydrogen-bond donors (Lipinski definition) is 0. The SMILES string of the molecule is CCOc1cccc2sc(N3CCCN(C(=O)c4ccncc4)CC3)nc12. The molecule has 1 aromatic carbocycles. The van der Waals surface area contributed by atoms with Crippen molar-refractivity contribution in [3.8, 4) is 5.75 Å². The van der Waals surface area contributed by atoms with E-state index in [1.807, 2.05) is 24.0 Å². The van der Waals surface area contributed by atoms with Gasteiger partial charge in [-0.25, -0.2) is 4.98 Å². The van der Waals surface area contributed by atoms with Gasteiger partial charge in [0, 0.05) is 44.1 Å². The van der Waals surface area contributed by atoms with Crippen molar-refractivity contribution in [3.05, 3.63) is 48.3 Å². The molecule has 4 rings (SSSR count). The standard InChI is InChI=1S/C20H22N4O2S/c1-2-26-16-5-3-6-17-18(16)22-20(27-17)24-12-4-11-23(13-14-24)19(25)15-7-9-21-10-8-15/h3,5-10H,2,4,11-14H2,1H3. The molecule has 0 saturated carbocycles. The van der Waals surface area contributed by atoms with E-state index in [1.54, 1.807) is 35.9 Å². The Morgan fingerprint density at radius 1 is 1.15 bits per heavy atom. The molecule has 2 aromatic heterocycles. The topological polar surface area (TPSA) is 58.6 Å². The van der Waals surface area contributed by atoms with Crippen LogP contribution in [0.4, 0.5) is 5.13 Å². The molecule has 0 atom stereocenters. The molecule has 3 heterocycles. The summed E-state index contributed by atoms with van der Waals surface area (Å²) in [5.41, 5.74) is 1.62. The van der Waals surface area contributed by atoms with E-state index in [1.165, 1.54) is 0 Å². The van der Waals surface area contributed by atoms with Crippen LogP contribution in [-0.4, -0.2) is 53.6 Å². The normalized spacial score (nSPS) is 15.0. The van der Waals surface area contributed by atoms with Crippen molar-refractivity contribution in [2.45, 2.75) is 13.3 Å². The molecule has 1 saturated heterocycles. The Kier molecular flexibility index (Phi) is 5.20. The van der Waals surface area contributed by atoms with Gasteiger partial charge in [0.1, 0.15) is 11.3 Å². The predicted molar refractivity (Wildman–Crippen MR) is 108 cm³/mol. The summed E-state index contributed by atoms with van der Waals surface area (Å²) in [6.45, 7) is 5.73. The Bertz CT molecular complexity index is 928. The molecule has 0 bridgehead atoms. The highest BCUT2D eigenvalue weighted by Gasteiger charge is 2.22. The van der Waals surface area contributed by atoms with Gasteiger partial charge in [-0.1, -0.05) is 17.4 Å². The van der Waals surface area contributed by atoms with E-state index < -0.39 is 0 Å². The lowest BCUT2D eigenvalue weighted by atomic mass is 10.2. The van der Waals surface area contributed by atoms with Gasteiger partial charge >= 0.3 is 0 Å². The number of benzene rings is 1. The molecule has 1 fully saturated rings. The maximum Gasteiger partial charge on any atom is 0.254 e. The van der Waals surface area contributed by atoms with Gasteiger partial charge in [0.05, 0.1) is 11.3 Å². The zero-order chi connectivity index (χ0) is 18.6. The summed E-state index contributed by atoms with van der Waals surface area (Å²) in [6, 6.07) is 9.59. The fourth-order valence-electron chi connectivity index (χ4n) is 3.31. The van der Waals surface area contributed by atoms with Gasteiger partial charge in [0.15, 0.2) is 5.13 Å². The third kappa shape index (κ3) is 3.73. The van der Waals surface area contributed by atoms with E-state index in [-0.39, 0.29) is 5.91 Å². The number of anilines is 1. The highest BCUT2D eigenvalue weighted by atomic mass is 32.1. The number of nitrogens with zero attached hydrogens (tertiary/aromatic N) is 4. The number of hydrogen-bond acceptors (Lipinski definition) is 6. The Labute approximate surface area is 162 Å². The van der Waals surface area contributed by atoms with E-state index in [0.717, 1.165) is 47.2 Å². The maximum absolute atomic E-state index is 12.7. The van der Waals surface area contributed by atoms with Crippen molar-refractivity contribution < 1.29 is 9.53 Å². The molecule has 1 amide bonds. The van der Waals surface area contributed by atoms with Crippen molar-refractivity contribution in [2.24, 2.45) is 0 Å². The number of thiazole rings is 1. The third-order valence-corrected chi connectivity index (χ3v) is 5.73. The van der Waals surface area contributed by atoms with E-state index in [9.17, 15) is 4.79 Å². The van der Waals surface area contributed by atoms with Gasteiger partial charge in [0.25, 0.3) is 5.91 Å². The molecule has 7 heteroatoms. The van der Waals surface area contributed by atoms with Crippen molar-refractivity contribution in [1.29, 1.82) is 0 Å². The van der Waals surface area contributed by atoms with Crippen LogP contribution in [0.25, 0.3) is 10.2 Å². The van der Waals surface area contributed by atoms with Crippen LogP contribution < -0.4 is 9.64 Å². The fourth-order valence-corrected chi connectivity index (χ4v) is 4.34. The summed E-state index contributed by atoms with van der Waals surface area (Å²) in [6.07, 6.45) is 4.24. The van der Waals surface area contributed by atoms with Gasteiger partial charge in [-0.2, -0.15) is 0 Å². The molecule has 0 spiro atoms. The second-order valence-corrected chi connectivity index (χ2v) is 7.41. The zero-order valence-corrected chi connectivity index (χ0v) is 16.1. The number of rotatable bonds is 4. The summed E-state index contributed by atoms with van der Waals surface area (Å²) in [4.78, 5) is 25.7. The van der Waals surface area contributed by atoms with Gasteiger partial charge in [0.2, 0.25) is 0 Å². The number of carbonyl (C=O) groups excluding carboxylic acids is 1. The second kappa shape index (κ2) is 7.92. The summed E-state index contributed by atoms with van der Waals surface area (Å²) >= 11 is 1.68. The first-order valence-electron chi connectivity index (χ1n) is 9.23. The van der Waals surface area contributed by atoms with Crippen LogP contribution in [0, 0.1) is 0 Å². The number of carbonyl (C=O) groups is 1. The molecular formula is C20H22N4O2S. The van der Waals surface area contributed by atoms with Gasteiger partial charge < -0.3 is 14.5 Å². The molecule has 0 radical (unpaired) electrons. The molecule has 1 aliphatic heterocycles. The highest BCUT2D eigenvalue weighted by molar-refractivity contribution is 7.22. The summed E-state index contributed by atoms with van der Waals surface area (Å²) in [5, 5.41) is 0.996. The largest absolute Gasteiger partial charge is 0.492 e. The Morgan fingerprint density at radius 2 is 2.00 bits per heavy atom. The van der Waals surface area contributed by atoms with Crippen molar-refractivity contribution in [3.63, 3.8) is 0 Å². The Balaban J connectivity index is 1.51. The summed E-state index contributed by atoms with van der Waals surface area (Å²) < 4.78 is 6.84. The quantitative estimate of drug-likeness (QED) is 0.692. The molecule has 3 aromatic rings. The fraction of sp³-hybridized carbons (Fsp3) is 0.350. The number of para-hydroxylation sites is 1. The van der Waals surface area contributed by atoms with Gasteiger partial charge in [-0.05, 0) is 37.6 Å². The molecule has 27 heavy (non-hydrogen) atoms. The van der Waals surface area contributed by atoms with E-state index in [0.29, 0.717) is 18.7 Å². The molecule has 0 aliphatic carbocycles. The minimum Gasteiger partial charge on any atom is -0.492 e. The number of aromatic nitrogens is 2. The monoisotopic (exact) mass is 382 g/mol. The smallest absolute Gasteiger partial charge is 0.254 e. The average Bonchev–Trinajstić information content (AvgIpc) is 2.99. The van der Waals surface area contributed by atoms with Crippen molar-refractivity contribution >= 4 is 32.6 Å². The zero-order valence-electron chi connectivity index (χ0n) is 15.3. The van der Waals surface area contributed by atoms with E-state index in [2.05, 4.69) is 16.0 Å². The van der Waals surface area contributed by atoms with Crippen LogP contribution in [0.15, 0.2) is 42.7 Å². The van der Waals surface area contributed by atoms with Crippen LogP contribution in [0.1, 0.15) is 23.7 Å². The Hall–Kier alpha value is -2.67. The minimum atomic E-state index is 0.0715. The van der Waals surface area contributed by atoms with Crippen LogP contribution in [0.3, 0.4) is 0 Å². The number of amides is 1. The van der Waals surface area contributed by atoms with Crippen molar-refractivity contribution in [1.82, 2.24) is 14.9 Å². The number of pyridine rings is 1. The lowest BCUT2D eigenvalue weighted by Crippen LogP contribution is -2.35. The van der Waals surface area contributed by atoms with Crippen molar-refractivity contribution in [2.75, 3.05) is 37.7 Å². The molecule has 0 unspecified atom stereocenters.